The molecule has 0 saturated heterocycles. The van der Waals surface area contributed by atoms with Crippen molar-refractivity contribution in [3.05, 3.63) is 35.6 Å². The van der Waals surface area contributed by atoms with Gasteiger partial charge in [-0.2, -0.15) is 0 Å². The van der Waals surface area contributed by atoms with Crippen molar-refractivity contribution in [1.29, 1.82) is 0 Å². The first-order valence-electron chi connectivity index (χ1n) is 7.33. The Labute approximate surface area is 119 Å². The van der Waals surface area contributed by atoms with Crippen LogP contribution in [0.1, 0.15) is 49.9 Å². The fraction of sp³-hybridized carbons (Fsp3) is 0.529. The second kappa shape index (κ2) is 6.29. The molecule has 1 aliphatic rings. The van der Waals surface area contributed by atoms with E-state index in [-0.39, 0.29) is 29.2 Å². The van der Waals surface area contributed by atoms with Crippen LogP contribution >= 0.6 is 0 Å². The Morgan fingerprint density at radius 2 is 1.70 bits per heavy atom. The lowest BCUT2D eigenvalue weighted by Crippen LogP contribution is -2.31. The van der Waals surface area contributed by atoms with E-state index in [0.29, 0.717) is 24.3 Å². The monoisotopic (exact) mass is 276 g/mol. The molecule has 0 bridgehead atoms. The molecule has 0 aliphatic heterocycles. The maximum Gasteiger partial charge on any atom is 0.165 e. The lowest BCUT2D eigenvalue weighted by Gasteiger charge is -2.31. The van der Waals surface area contributed by atoms with Gasteiger partial charge in [0.05, 0.1) is 0 Å². The van der Waals surface area contributed by atoms with Gasteiger partial charge >= 0.3 is 0 Å². The lowest BCUT2D eigenvalue weighted by molar-refractivity contribution is -0.124. The summed E-state index contributed by atoms with van der Waals surface area (Å²) in [4.78, 5) is 24.4. The van der Waals surface area contributed by atoms with Gasteiger partial charge in [-0.05, 0) is 49.4 Å². The van der Waals surface area contributed by atoms with Crippen LogP contribution in [0.3, 0.4) is 0 Å². The molecule has 0 radical (unpaired) electrons. The molecule has 0 N–H and O–H groups in total. The molecule has 108 valence electrons. The van der Waals surface area contributed by atoms with Crippen LogP contribution in [0.4, 0.5) is 4.39 Å². The summed E-state index contributed by atoms with van der Waals surface area (Å²) in [7, 11) is 0. The van der Waals surface area contributed by atoms with Crippen molar-refractivity contribution in [1.82, 2.24) is 0 Å². The average Bonchev–Trinajstić information content (AvgIpc) is 2.45. The zero-order chi connectivity index (χ0) is 14.7. The fourth-order valence-electron chi connectivity index (χ4n) is 3.22. The molecule has 2 rings (SSSR count). The molecule has 3 atom stereocenters. The number of halogens is 1. The molecule has 0 spiro atoms. The van der Waals surface area contributed by atoms with Crippen LogP contribution in [0.25, 0.3) is 0 Å². The normalized spacial score (nSPS) is 26.2. The summed E-state index contributed by atoms with van der Waals surface area (Å²) in [6.07, 6.45) is 2.89. The first-order valence-corrected chi connectivity index (χ1v) is 7.33. The van der Waals surface area contributed by atoms with Crippen LogP contribution in [0, 0.1) is 23.6 Å². The number of benzene rings is 1. The number of Topliss-reactive ketones (excluding diaryl/α,β-unsaturated/α-hetero) is 2. The van der Waals surface area contributed by atoms with Gasteiger partial charge in [-0.25, -0.2) is 4.39 Å². The van der Waals surface area contributed by atoms with Gasteiger partial charge in [0.25, 0.3) is 0 Å². The summed E-state index contributed by atoms with van der Waals surface area (Å²) in [6, 6.07) is 5.70. The molecular formula is C17H21FO2. The molecule has 0 aromatic heterocycles. The number of carbonyl (C=O) groups excluding carboxylic acids is 2. The summed E-state index contributed by atoms with van der Waals surface area (Å²) in [6.45, 7) is 3.97. The maximum atomic E-state index is 12.9. The highest BCUT2D eigenvalue weighted by atomic mass is 19.1. The highest BCUT2D eigenvalue weighted by molar-refractivity contribution is 5.98. The Morgan fingerprint density at radius 3 is 2.30 bits per heavy atom. The van der Waals surface area contributed by atoms with Crippen LogP contribution in [-0.4, -0.2) is 11.6 Å². The van der Waals surface area contributed by atoms with E-state index in [4.69, 9.17) is 0 Å². The van der Waals surface area contributed by atoms with E-state index in [0.717, 1.165) is 12.8 Å². The van der Waals surface area contributed by atoms with Crippen LogP contribution in [0.2, 0.25) is 0 Å². The first kappa shape index (κ1) is 14.9. The van der Waals surface area contributed by atoms with Crippen molar-refractivity contribution < 1.29 is 14.0 Å². The Hall–Kier alpha value is -1.51. The van der Waals surface area contributed by atoms with Gasteiger partial charge in [0, 0.05) is 23.8 Å². The van der Waals surface area contributed by atoms with Crippen molar-refractivity contribution >= 4 is 11.6 Å². The Balaban J connectivity index is 2.12. The Morgan fingerprint density at radius 1 is 1.10 bits per heavy atom. The zero-order valence-electron chi connectivity index (χ0n) is 12.1. The standard InChI is InChI=1S/C17H21FO2/c1-3-16(19)13-8-11(2)9-14(10-13)17(20)12-4-6-15(18)7-5-12/h4-7,11,13-14H,3,8-10H2,1-2H3/t11-,13+,14?/m0/s1. The van der Waals surface area contributed by atoms with Crippen molar-refractivity contribution in [2.24, 2.45) is 17.8 Å². The molecule has 20 heavy (non-hydrogen) atoms. The van der Waals surface area contributed by atoms with E-state index in [1.165, 1.54) is 24.3 Å². The molecule has 0 amide bonds. The number of hydrogen-bond acceptors (Lipinski definition) is 2. The van der Waals surface area contributed by atoms with Gasteiger partial charge in [0.2, 0.25) is 0 Å². The molecule has 1 aliphatic carbocycles. The minimum Gasteiger partial charge on any atom is -0.299 e. The number of hydrogen-bond donors (Lipinski definition) is 0. The second-order valence-corrected chi connectivity index (χ2v) is 5.90. The van der Waals surface area contributed by atoms with Crippen LogP contribution in [-0.2, 0) is 4.79 Å². The van der Waals surface area contributed by atoms with Gasteiger partial charge in [0.15, 0.2) is 5.78 Å². The number of carbonyl (C=O) groups is 2. The van der Waals surface area contributed by atoms with E-state index in [9.17, 15) is 14.0 Å². The molecule has 1 aromatic rings. The molecule has 2 nitrogen and oxygen atoms in total. The van der Waals surface area contributed by atoms with Crippen molar-refractivity contribution in [2.75, 3.05) is 0 Å². The van der Waals surface area contributed by atoms with Crippen LogP contribution in [0.5, 0.6) is 0 Å². The minimum absolute atomic E-state index is 0.0122. The van der Waals surface area contributed by atoms with Gasteiger partial charge in [-0.3, -0.25) is 9.59 Å². The number of ketones is 2. The second-order valence-electron chi connectivity index (χ2n) is 5.90. The Kier molecular flexibility index (Phi) is 4.69. The van der Waals surface area contributed by atoms with E-state index in [2.05, 4.69) is 6.92 Å². The summed E-state index contributed by atoms with van der Waals surface area (Å²) in [5.74, 6) is 0.262. The zero-order valence-corrected chi connectivity index (χ0v) is 12.1. The molecule has 1 fully saturated rings. The molecule has 1 unspecified atom stereocenters. The van der Waals surface area contributed by atoms with Gasteiger partial charge in [0.1, 0.15) is 11.6 Å². The van der Waals surface area contributed by atoms with Crippen molar-refractivity contribution in [3.8, 4) is 0 Å². The summed E-state index contributed by atoms with van der Waals surface area (Å²) in [5, 5.41) is 0. The topological polar surface area (TPSA) is 34.1 Å². The Bertz CT molecular complexity index is 492. The number of rotatable bonds is 4. The fourth-order valence-corrected chi connectivity index (χ4v) is 3.22. The summed E-state index contributed by atoms with van der Waals surface area (Å²) >= 11 is 0. The smallest absolute Gasteiger partial charge is 0.165 e. The third kappa shape index (κ3) is 3.33. The van der Waals surface area contributed by atoms with E-state index in [1.54, 1.807) is 0 Å². The SMILES string of the molecule is CCC(=O)[C@H]1CC(C(=O)c2ccc(F)cc2)C[C@@H](C)C1. The van der Waals surface area contributed by atoms with Crippen molar-refractivity contribution in [3.63, 3.8) is 0 Å². The third-order valence-electron chi connectivity index (χ3n) is 4.25. The van der Waals surface area contributed by atoms with Crippen LogP contribution < -0.4 is 0 Å². The largest absolute Gasteiger partial charge is 0.299 e. The van der Waals surface area contributed by atoms with E-state index >= 15 is 0 Å². The quantitative estimate of drug-likeness (QED) is 0.778. The molecular weight excluding hydrogens is 255 g/mol. The lowest BCUT2D eigenvalue weighted by atomic mass is 9.71. The average molecular weight is 276 g/mol. The van der Waals surface area contributed by atoms with E-state index in [1.807, 2.05) is 6.92 Å². The maximum absolute atomic E-state index is 12.9. The highest BCUT2D eigenvalue weighted by Gasteiger charge is 2.33. The third-order valence-corrected chi connectivity index (χ3v) is 4.25. The molecule has 3 heteroatoms. The summed E-state index contributed by atoms with van der Waals surface area (Å²) < 4.78 is 12.9. The summed E-state index contributed by atoms with van der Waals surface area (Å²) in [5.41, 5.74) is 0.549. The highest BCUT2D eigenvalue weighted by Crippen LogP contribution is 2.36. The van der Waals surface area contributed by atoms with Crippen LogP contribution in [0.15, 0.2) is 24.3 Å². The predicted molar refractivity (Wildman–Crippen MR) is 76.0 cm³/mol. The van der Waals surface area contributed by atoms with Gasteiger partial charge in [-0.1, -0.05) is 13.8 Å². The molecule has 0 heterocycles. The molecule has 1 aromatic carbocycles. The van der Waals surface area contributed by atoms with Crippen molar-refractivity contribution in [2.45, 2.75) is 39.5 Å². The first-order chi connectivity index (χ1) is 9.51. The molecule has 1 saturated carbocycles. The van der Waals surface area contributed by atoms with E-state index < -0.39 is 0 Å². The van der Waals surface area contributed by atoms with Gasteiger partial charge < -0.3 is 0 Å². The van der Waals surface area contributed by atoms with Gasteiger partial charge in [-0.15, -0.1) is 0 Å². The minimum atomic E-state index is -0.336. The predicted octanol–water partition coefficient (Wildman–Crippen LogP) is 4.04.